The Morgan fingerprint density at radius 3 is 2.68 bits per heavy atom. The lowest BCUT2D eigenvalue weighted by atomic mass is 10.1. The number of aromatic nitrogens is 4. The van der Waals surface area contributed by atoms with Gasteiger partial charge in [-0.2, -0.15) is 0 Å². The number of nitrogens with one attached hydrogen (secondary N) is 1. The monoisotopic (exact) mass is 480 g/mol. The van der Waals surface area contributed by atoms with Gasteiger partial charge in [0.05, 0.1) is 6.10 Å². The van der Waals surface area contributed by atoms with Crippen molar-refractivity contribution >= 4 is 46.9 Å². The first kappa shape index (κ1) is 19.0. The number of aliphatic hydroxyl groups is 2. The number of hydrogen-bond acceptors (Lipinski definition) is 6. The Balaban J connectivity index is 1.97. The molecule has 8 nitrogen and oxygen atoms in total. The van der Waals surface area contributed by atoms with E-state index in [2.05, 4.69) is 34.6 Å². The summed E-state index contributed by atoms with van der Waals surface area (Å²) in [5.74, 6) is 0.447. The third-order valence-corrected chi connectivity index (χ3v) is 6.47. The maximum absolute atomic E-state index is 12.1. The fraction of sp³-hybridized carbons (Fsp3) is 0.600. The first-order valence-corrected chi connectivity index (χ1v) is 12.0. The first-order chi connectivity index (χ1) is 11.6. The van der Waals surface area contributed by atoms with Crippen LogP contribution in [-0.4, -0.2) is 73.8 Å². The summed E-state index contributed by atoms with van der Waals surface area (Å²) in [4.78, 5) is 23.2. The van der Waals surface area contributed by atoms with E-state index in [0.717, 1.165) is 6.16 Å². The Kier molecular flexibility index (Phi) is 5.15. The fourth-order valence-corrected chi connectivity index (χ4v) is 4.65. The van der Waals surface area contributed by atoms with E-state index in [-0.39, 0.29) is 11.1 Å². The van der Waals surface area contributed by atoms with Crippen molar-refractivity contribution in [2.75, 3.05) is 19.5 Å². The Labute approximate surface area is 158 Å². The summed E-state index contributed by atoms with van der Waals surface area (Å²) in [6.07, 6.45) is 2.19. The molecule has 0 aromatic carbocycles. The normalized spacial score (nSPS) is 27.3. The fourth-order valence-electron chi connectivity index (χ4n) is 2.95. The van der Waals surface area contributed by atoms with Crippen LogP contribution >= 0.6 is 29.5 Å². The molecular weight excluding hydrogens is 458 g/mol. The molecule has 138 valence electrons. The van der Waals surface area contributed by atoms with Gasteiger partial charge in [-0.05, 0) is 32.8 Å². The number of halogens is 1. The lowest BCUT2D eigenvalue weighted by Gasteiger charge is -2.19. The molecule has 1 saturated heterocycles. The zero-order chi connectivity index (χ0) is 18.5. The van der Waals surface area contributed by atoms with Crippen LogP contribution < -0.4 is 5.56 Å². The summed E-state index contributed by atoms with van der Waals surface area (Å²) in [5, 5.41) is 20.9. The molecule has 2 aromatic heterocycles. The van der Waals surface area contributed by atoms with E-state index >= 15 is 0 Å². The molecule has 0 aliphatic carbocycles. The van der Waals surface area contributed by atoms with Gasteiger partial charge in [0.2, 0.25) is 0 Å². The SMILES string of the molecule is C=P(C)(C)CC[C@H]1OC(n2c(I)nc3c(=O)[nH]c(C)nc32)[C@H](O)[C@@H]1O. The lowest BCUT2D eigenvalue weighted by molar-refractivity contribution is -0.0367. The molecule has 3 heterocycles. The second kappa shape index (κ2) is 6.77. The van der Waals surface area contributed by atoms with Crippen LogP contribution in [0.15, 0.2) is 4.79 Å². The number of nitrogens with zero attached hydrogens (tertiary/aromatic N) is 3. The molecule has 10 heteroatoms. The van der Waals surface area contributed by atoms with Crippen LogP contribution in [0.25, 0.3) is 11.2 Å². The van der Waals surface area contributed by atoms with Crippen molar-refractivity contribution in [1.82, 2.24) is 19.5 Å². The number of H-pyrrole nitrogens is 1. The zero-order valence-electron chi connectivity index (χ0n) is 14.3. The number of hydrogen-bond donors (Lipinski definition) is 3. The van der Waals surface area contributed by atoms with Gasteiger partial charge in [0.25, 0.3) is 5.56 Å². The molecule has 1 aliphatic heterocycles. The van der Waals surface area contributed by atoms with Crippen molar-refractivity contribution in [3.8, 4) is 0 Å². The number of rotatable bonds is 4. The van der Waals surface area contributed by atoms with E-state index in [9.17, 15) is 15.0 Å². The second-order valence-electron chi connectivity index (χ2n) is 7.07. The minimum absolute atomic E-state index is 0.188. The van der Waals surface area contributed by atoms with Gasteiger partial charge in [0, 0.05) is 22.6 Å². The van der Waals surface area contributed by atoms with Crippen molar-refractivity contribution < 1.29 is 14.9 Å². The minimum Gasteiger partial charge on any atom is -0.388 e. The number of ether oxygens (including phenoxy) is 1. The maximum atomic E-state index is 12.1. The number of fused-ring (bicyclic) bond motifs is 1. The molecule has 1 aliphatic rings. The van der Waals surface area contributed by atoms with Crippen molar-refractivity contribution in [2.45, 2.75) is 37.9 Å². The predicted octanol–water partition coefficient (Wildman–Crippen LogP) is 0.751. The Morgan fingerprint density at radius 2 is 2.04 bits per heavy atom. The third-order valence-electron chi connectivity index (χ3n) is 4.24. The van der Waals surface area contributed by atoms with E-state index in [1.54, 1.807) is 11.5 Å². The molecule has 1 unspecified atom stereocenters. The highest BCUT2D eigenvalue weighted by Gasteiger charge is 2.44. The van der Waals surface area contributed by atoms with Gasteiger partial charge >= 0.3 is 0 Å². The highest BCUT2D eigenvalue weighted by Crippen LogP contribution is 2.40. The van der Waals surface area contributed by atoms with Crippen LogP contribution in [-0.2, 0) is 4.74 Å². The number of aromatic amines is 1. The summed E-state index contributed by atoms with van der Waals surface area (Å²) >= 11 is 1.97. The van der Waals surface area contributed by atoms with Crippen LogP contribution in [0.2, 0.25) is 0 Å². The predicted molar refractivity (Wildman–Crippen MR) is 107 cm³/mol. The molecule has 4 atom stereocenters. The number of aryl methyl sites for hydroxylation is 1. The van der Waals surface area contributed by atoms with Crippen LogP contribution in [0.5, 0.6) is 0 Å². The average molecular weight is 480 g/mol. The van der Waals surface area contributed by atoms with Gasteiger partial charge in [-0.15, -0.1) is 13.2 Å². The molecule has 0 saturated carbocycles. The Bertz CT molecular complexity index is 905. The first-order valence-electron chi connectivity index (χ1n) is 7.92. The molecule has 25 heavy (non-hydrogen) atoms. The molecule has 0 spiro atoms. The number of aliphatic hydroxyl groups excluding tert-OH is 2. The summed E-state index contributed by atoms with van der Waals surface area (Å²) in [6, 6.07) is 0. The standard InChI is InChI=1S/C15H22IN4O4P/c1-7-17-12-9(13(23)18-7)19-15(16)20(12)14-11(22)10(21)8(24-14)5-6-25(2,3)4/h8,10-11,14,21-22H,2,5-6H2,1,3-4H3,(H,17,18,23)/t8-,10-,11-,14?/m1/s1. The highest BCUT2D eigenvalue weighted by molar-refractivity contribution is 14.1. The molecule has 1 fully saturated rings. The molecule has 3 rings (SSSR count). The van der Waals surface area contributed by atoms with Gasteiger partial charge in [0.1, 0.15) is 18.0 Å². The average Bonchev–Trinajstić information content (AvgIpc) is 2.95. The topological polar surface area (TPSA) is 113 Å². The Morgan fingerprint density at radius 1 is 1.36 bits per heavy atom. The highest BCUT2D eigenvalue weighted by atomic mass is 127. The third kappa shape index (κ3) is 3.71. The molecule has 0 bridgehead atoms. The minimum atomic E-state index is -1.26. The van der Waals surface area contributed by atoms with Crippen molar-refractivity contribution in [1.29, 1.82) is 0 Å². The van der Waals surface area contributed by atoms with Crippen LogP contribution in [0.1, 0.15) is 18.5 Å². The van der Waals surface area contributed by atoms with Crippen molar-refractivity contribution in [3.05, 3.63) is 20.0 Å². The summed E-state index contributed by atoms with van der Waals surface area (Å²) < 4.78 is 8.00. The summed E-state index contributed by atoms with van der Waals surface area (Å²) in [5.41, 5.74) is 0.188. The lowest BCUT2D eigenvalue weighted by Crippen LogP contribution is -2.32. The van der Waals surface area contributed by atoms with Crippen molar-refractivity contribution in [2.24, 2.45) is 0 Å². The quantitative estimate of drug-likeness (QED) is 0.338. The van der Waals surface area contributed by atoms with E-state index < -0.39 is 31.4 Å². The van der Waals surface area contributed by atoms with E-state index in [0.29, 0.717) is 21.7 Å². The number of imidazole rings is 1. The van der Waals surface area contributed by atoms with Gasteiger partial charge in [0.15, 0.2) is 21.2 Å². The van der Waals surface area contributed by atoms with E-state index in [1.165, 1.54) is 0 Å². The Hall–Kier alpha value is -0.740. The van der Waals surface area contributed by atoms with E-state index in [1.807, 2.05) is 22.6 Å². The molecule has 3 N–H and O–H groups in total. The van der Waals surface area contributed by atoms with Gasteiger partial charge in [-0.25, -0.2) is 9.97 Å². The molecule has 0 radical (unpaired) electrons. The zero-order valence-corrected chi connectivity index (χ0v) is 17.4. The summed E-state index contributed by atoms with van der Waals surface area (Å²) in [6.45, 7) is 4.66. The maximum Gasteiger partial charge on any atom is 0.279 e. The van der Waals surface area contributed by atoms with Crippen molar-refractivity contribution in [3.63, 3.8) is 0 Å². The summed E-state index contributed by atoms with van der Waals surface area (Å²) in [7, 11) is 0. The van der Waals surface area contributed by atoms with E-state index in [4.69, 9.17) is 4.74 Å². The molecular formula is C15H22IN4O4P. The van der Waals surface area contributed by atoms with Gasteiger partial charge in [-0.3, -0.25) is 9.36 Å². The smallest absolute Gasteiger partial charge is 0.279 e. The second-order valence-corrected chi connectivity index (χ2v) is 12.4. The largest absolute Gasteiger partial charge is 0.388 e. The van der Waals surface area contributed by atoms with Crippen LogP contribution in [0, 0.1) is 10.8 Å². The molecule has 0 amide bonds. The van der Waals surface area contributed by atoms with Gasteiger partial charge in [-0.1, -0.05) is 0 Å². The molecule has 2 aromatic rings. The van der Waals surface area contributed by atoms with Crippen LogP contribution in [0.4, 0.5) is 0 Å². The van der Waals surface area contributed by atoms with Gasteiger partial charge < -0.3 is 19.9 Å². The van der Waals surface area contributed by atoms with Crippen LogP contribution in [0.3, 0.4) is 0 Å².